The molecule has 2 aromatic heterocycles. The summed E-state index contributed by atoms with van der Waals surface area (Å²) in [6.07, 6.45) is 0. The molecule has 1 N–H and O–H groups in total. The number of anilines is 2. The number of nitrogens with one attached hydrogen (secondary N) is 1. The van der Waals surface area contributed by atoms with E-state index >= 15 is 0 Å². The molecule has 9 heteroatoms. The molecule has 0 amide bonds. The maximum absolute atomic E-state index is 5.67. The summed E-state index contributed by atoms with van der Waals surface area (Å²) in [4.78, 5) is 13.8. The van der Waals surface area contributed by atoms with Crippen LogP contribution in [0.3, 0.4) is 0 Å². The fraction of sp³-hybridized carbons (Fsp3) is 0.129. The van der Waals surface area contributed by atoms with Gasteiger partial charge in [-0.05, 0) is 54.8 Å². The van der Waals surface area contributed by atoms with Gasteiger partial charge in [0.05, 0.1) is 42.7 Å². The van der Waals surface area contributed by atoms with E-state index in [2.05, 4.69) is 40.7 Å². The van der Waals surface area contributed by atoms with Gasteiger partial charge in [-0.3, -0.25) is 0 Å². The first-order valence-electron chi connectivity index (χ1n) is 12.9. The third-order valence-corrected chi connectivity index (χ3v) is 8.04. The predicted molar refractivity (Wildman–Crippen MR) is 161 cm³/mol. The van der Waals surface area contributed by atoms with E-state index in [9.17, 15) is 0 Å². The van der Waals surface area contributed by atoms with E-state index in [0.29, 0.717) is 23.2 Å². The van der Waals surface area contributed by atoms with Crippen LogP contribution in [0.5, 0.6) is 11.5 Å². The second kappa shape index (κ2) is 9.69. The number of aromatic nitrogens is 2. The van der Waals surface area contributed by atoms with E-state index in [0.717, 1.165) is 39.8 Å². The van der Waals surface area contributed by atoms with E-state index in [1.807, 2.05) is 71.4 Å². The lowest BCUT2D eigenvalue weighted by Crippen LogP contribution is -2.46. The first-order valence-corrected chi connectivity index (χ1v) is 13.8. The molecule has 2 aliphatic heterocycles. The van der Waals surface area contributed by atoms with Gasteiger partial charge in [0.25, 0.3) is 0 Å². The lowest BCUT2D eigenvalue weighted by molar-refractivity contribution is 0.405. The minimum absolute atomic E-state index is 0.138. The molecule has 0 fully saturated rings. The Bertz CT molecular complexity index is 1780. The van der Waals surface area contributed by atoms with Gasteiger partial charge >= 0.3 is 0 Å². The first-order chi connectivity index (χ1) is 19.7. The molecule has 8 nitrogen and oxygen atoms in total. The highest BCUT2D eigenvalue weighted by atomic mass is 32.1. The highest BCUT2D eigenvalue weighted by Crippen LogP contribution is 2.49. The van der Waals surface area contributed by atoms with Crippen molar-refractivity contribution in [2.24, 2.45) is 9.98 Å². The van der Waals surface area contributed by atoms with Crippen molar-refractivity contribution in [3.63, 3.8) is 0 Å². The van der Waals surface area contributed by atoms with Crippen molar-refractivity contribution in [3.05, 3.63) is 106 Å². The fourth-order valence-corrected chi connectivity index (χ4v) is 6.13. The SMILES string of the molecule is COc1ccc(OC)c(NC2=Nc3ccccc3N3C2=Nc2c(c(C)nn2-c2ccccc2)C3c2cccs2)c1. The van der Waals surface area contributed by atoms with Crippen LogP contribution in [0.1, 0.15) is 22.2 Å². The number of ether oxygens (including phenoxy) is 2. The molecule has 0 saturated heterocycles. The second-order valence-electron chi connectivity index (χ2n) is 9.43. The summed E-state index contributed by atoms with van der Waals surface area (Å²) in [5.41, 5.74) is 5.53. The van der Waals surface area contributed by atoms with Crippen LogP contribution in [-0.4, -0.2) is 35.7 Å². The standard InChI is InChI=1S/C31H26N6O2S/c1-19-27-28(26-14-9-17-40-26)36-24-13-8-7-12-22(24)32-29(33-23-18-21(38-2)15-16-25(23)39-3)31(36)34-30(27)37(35-19)20-10-5-4-6-11-20/h4-18,28H,1-3H3,(H,32,33). The average molecular weight is 547 g/mol. The number of methoxy groups -OCH3 is 2. The van der Waals surface area contributed by atoms with E-state index in [1.165, 1.54) is 4.88 Å². The third kappa shape index (κ3) is 3.85. The van der Waals surface area contributed by atoms with Crippen LogP contribution < -0.4 is 19.7 Å². The minimum Gasteiger partial charge on any atom is -0.497 e. The van der Waals surface area contributed by atoms with Gasteiger partial charge in [-0.15, -0.1) is 11.3 Å². The lowest BCUT2D eigenvalue weighted by Gasteiger charge is -2.40. The molecule has 1 unspecified atom stereocenters. The summed E-state index contributed by atoms with van der Waals surface area (Å²) >= 11 is 1.72. The van der Waals surface area contributed by atoms with Crippen molar-refractivity contribution in [2.75, 3.05) is 24.4 Å². The molecule has 40 heavy (non-hydrogen) atoms. The van der Waals surface area contributed by atoms with Crippen LogP contribution in [-0.2, 0) is 0 Å². The number of hydrogen-bond acceptors (Lipinski definition) is 8. The molecular weight excluding hydrogens is 520 g/mol. The summed E-state index contributed by atoms with van der Waals surface area (Å²) in [5.74, 6) is 3.48. The number of nitrogens with zero attached hydrogens (tertiary/aromatic N) is 5. The molecule has 2 aliphatic rings. The Labute approximate surface area is 235 Å². The number of aliphatic imine (C=N–C) groups is 2. The zero-order valence-corrected chi connectivity index (χ0v) is 23.0. The van der Waals surface area contributed by atoms with Crippen LogP contribution in [0, 0.1) is 6.92 Å². The van der Waals surface area contributed by atoms with Gasteiger partial charge < -0.3 is 19.7 Å². The number of benzene rings is 3. The Balaban J connectivity index is 1.48. The van der Waals surface area contributed by atoms with Crippen LogP contribution in [0.25, 0.3) is 5.69 Å². The molecule has 0 saturated carbocycles. The van der Waals surface area contributed by atoms with Crippen molar-refractivity contribution in [2.45, 2.75) is 13.0 Å². The highest BCUT2D eigenvalue weighted by molar-refractivity contribution is 7.10. The Morgan fingerprint density at radius 2 is 1.70 bits per heavy atom. The second-order valence-corrected chi connectivity index (χ2v) is 10.4. The van der Waals surface area contributed by atoms with Gasteiger partial charge in [-0.25, -0.2) is 14.7 Å². The smallest absolute Gasteiger partial charge is 0.179 e. The summed E-state index contributed by atoms with van der Waals surface area (Å²) in [6.45, 7) is 2.06. The van der Waals surface area contributed by atoms with Crippen molar-refractivity contribution in [3.8, 4) is 17.2 Å². The molecule has 198 valence electrons. The number of rotatable bonds is 5. The van der Waals surface area contributed by atoms with Crippen molar-refractivity contribution < 1.29 is 9.47 Å². The minimum atomic E-state index is -0.138. The average Bonchev–Trinajstić information content (AvgIpc) is 3.65. The van der Waals surface area contributed by atoms with Gasteiger partial charge in [0.2, 0.25) is 0 Å². The quantitative estimate of drug-likeness (QED) is 0.256. The zero-order valence-electron chi connectivity index (χ0n) is 22.2. The van der Waals surface area contributed by atoms with Crippen LogP contribution in [0.2, 0.25) is 0 Å². The monoisotopic (exact) mass is 546 g/mol. The molecule has 1 atom stereocenters. The summed E-state index contributed by atoms with van der Waals surface area (Å²) < 4.78 is 13.1. The molecule has 0 radical (unpaired) electrons. The summed E-state index contributed by atoms with van der Waals surface area (Å²) in [7, 11) is 3.29. The Hall–Kier alpha value is -4.89. The number of fused-ring (bicyclic) bond motifs is 4. The first kappa shape index (κ1) is 24.2. The van der Waals surface area contributed by atoms with Crippen LogP contribution in [0.15, 0.2) is 100 Å². The van der Waals surface area contributed by atoms with Crippen molar-refractivity contribution in [1.82, 2.24) is 9.78 Å². The molecule has 0 bridgehead atoms. The molecule has 7 rings (SSSR count). The van der Waals surface area contributed by atoms with Gasteiger partial charge in [0.1, 0.15) is 17.5 Å². The van der Waals surface area contributed by atoms with Crippen molar-refractivity contribution >= 4 is 45.9 Å². The number of para-hydroxylation sites is 3. The van der Waals surface area contributed by atoms with E-state index in [4.69, 9.17) is 24.6 Å². The maximum atomic E-state index is 5.67. The van der Waals surface area contributed by atoms with Crippen LogP contribution in [0.4, 0.5) is 22.9 Å². The molecule has 3 aromatic carbocycles. The number of thiophene rings is 1. The number of aryl methyl sites for hydroxylation is 1. The van der Waals surface area contributed by atoms with Gasteiger partial charge in [-0.2, -0.15) is 5.10 Å². The van der Waals surface area contributed by atoms with E-state index in [-0.39, 0.29) is 6.04 Å². The predicted octanol–water partition coefficient (Wildman–Crippen LogP) is 7.05. The molecular formula is C31H26N6O2S. The Morgan fingerprint density at radius 1 is 0.875 bits per heavy atom. The Kier molecular flexibility index (Phi) is 5.86. The van der Waals surface area contributed by atoms with Crippen LogP contribution >= 0.6 is 11.3 Å². The van der Waals surface area contributed by atoms with Gasteiger partial charge in [0.15, 0.2) is 17.5 Å². The maximum Gasteiger partial charge on any atom is 0.179 e. The fourth-order valence-electron chi connectivity index (χ4n) is 5.30. The van der Waals surface area contributed by atoms with Gasteiger partial charge in [0, 0.05) is 16.5 Å². The highest BCUT2D eigenvalue weighted by Gasteiger charge is 2.42. The summed E-state index contributed by atoms with van der Waals surface area (Å²) in [6, 6.07) is 28.0. The molecule has 0 spiro atoms. The van der Waals surface area contributed by atoms with E-state index in [1.54, 1.807) is 25.6 Å². The van der Waals surface area contributed by atoms with Gasteiger partial charge in [-0.1, -0.05) is 36.4 Å². The normalized spacial score (nSPS) is 15.4. The number of hydrogen-bond donors (Lipinski definition) is 1. The largest absolute Gasteiger partial charge is 0.497 e. The third-order valence-electron chi connectivity index (χ3n) is 7.11. The Morgan fingerprint density at radius 3 is 2.48 bits per heavy atom. The topological polar surface area (TPSA) is 76.3 Å². The number of amidine groups is 2. The molecule has 5 aromatic rings. The van der Waals surface area contributed by atoms with E-state index < -0.39 is 0 Å². The van der Waals surface area contributed by atoms with Crippen molar-refractivity contribution in [1.29, 1.82) is 0 Å². The lowest BCUT2D eigenvalue weighted by atomic mass is 9.98. The molecule has 4 heterocycles. The zero-order chi connectivity index (χ0) is 27.2. The summed E-state index contributed by atoms with van der Waals surface area (Å²) in [5, 5.41) is 10.6. The molecule has 0 aliphatic carbocycles.